The molecule has 14 heteroatoms. The highest BCUT2D eigenvalue weighted by atomic mass is 16.4. The molecule has 0 saturated carbocycles. The summed E-state index contributed by atoms with van der Waals surface area (Å²) in [7, 11) is 0. The normalized spacial score (nSPS) is 11.8. The summed E-state index contributed by atoms with van der Waals surface area (Å²) < 4.78 is 40.7. The van der Waals surface area contributed by atoms with E-state index in [4.69, 9.17) is 56.4 Å². The van der Waals surface area contributed by atoms with Gasteiger partial charge in [-0.3, -0.25) is 9.13 Å². The van der Waals surface area contributed by atoms with Crippen molar-refractivity contribution in [3.05, 3.63) is 362 Å². The van der Waals surface area contributed by atoms with Crippen molar-refractivity contribution in [1.82, 2.24) is 39.0 Å². The summed E-state index contributed by atoms with van der Waals surface area (Å²) in [5.74, 6) is 3.68. The Kier molecular flexibility index (Phi) is 16.1. The first-order valence-electron chi connectivity index (χ1n) is 40.0. The van der Waals surface area contributed by atoms with Crippen LogP contribution in [0.4, 0.5) is 0 Å². The van der Waals surface area contributed by atoms with Gasteiger partial charge in [0.25, 0.3) is 0 Å². The average molecular weight is 1550 g/mol. The van der Waals surface area contributed by atoms with Crippen LogP contribution in [0, 0.1) is 27.7 Å². The van der Waals surface area contributed by atoms with E-state index in [2.05, 4.69) is 201 Å². The molecule has 10 aromatic heterocycles. The minimum absolute atomic E-state index is 0.570. The van der Waals surface area contributed by atoms with Crippen LogP contribution in [0.15, 0.2) is 366 Å². The molecule has 0 N–H and O–H groups in total. The number of benzene rings is 16. The van der Waals surface area contributed by atoms with E-state index in [1.807, 2.05) is 176 Å². The number of furan rings is 6. The van der Waals surface area contributed by atoms with Gasteiger partial charge in [0.2, 0.25) is 11.9 Å². The second kappa shape index (κ2) is 27.9. The molecule has 14 nitrogen and oxygen atoms in total. The molecule has 16 aromatic carbocycles. The first-order valence-corrected chi connectivity index (χ1v) is 40.0. The first kappa shape index (κ1) is 69.4. The molecule has 0 spiro atoms. The third kappa shape index (κ3) is 11.8. The Morgan fingerprint density at radius 3 is 0.967 bits per heavy atom. The molecular formula is C106H68N8O6. The molecule has 0 radical (unpaired) electrons. The van der Waals surface area contributed by atoms with Crippen molar-refractivity contribution in [3.8, 4) is 57.4 Å². The van der Waals surface area contributed by atoms with Crippen molar-refractivity contribution < 1.29 is 26.5 Å². The van der Waals surface area contributed by atoms with Crippen LogP contribution >= 0.6 is 0 Å². The summed E-state index contributed by atoms with van der Waals surface area (Å²) in [4.78, 5) is 29.9. The van der Waals surface area contributed by atoms with Crippen molar-refractivity contribution in [2.75, 3.05) is 0 Å². The van der Waals surface area contributed by atoms with Crippen LogP contribution in [0.25, 0.3) is 233 Å². The van der Waals surface area contributed by atoms with E-state index in [0.717, 1.165) is 197 Å². The second-order valence-corrected chi connectivity index (χ2v) is 30.7. The molecule has 26 aromatic rings. The molecule has 0 saturated heterocycles. The minimum atomic E-state index is 0.570. The zero-order chi connectivity index (χ0) is 79.8. The maximum absolute atomic E-state index is 6.35. The van der Waals surface area contributed by atoms with Crippen LogP contribution in [0.5, 0.6) is 0 Å². The van der Waals surface area contributed by atoms with E-state index >= 15 is 0 Å². The van der Waals surface area contributed by atoms with Gasteiger partial charge in [0.15, 0.2) is 23.3 Å². The van der Waals surface area contributed by atoms with E-state index < -0.39 is 0 Å². The molecule has 0 atom stereocenters. The van der Waals surface area contributed by atoms with Gasteiger partial charge in [-0.25, -0.2) is 9.97 Å². The zero-order valence-electron chi connectivity index (χ0n) is 65.4. The molecule has 0 aliphatic carbocycles. The molecule has 0 fully saturated rings. The summed E-state index contributed by atoms with van der Waals surface area (Å²) in [6.07, 6.45) is 0. The Morgan fingerprint density at radius 2 is 0.483 bits per heavy atom. The van der Waals surface area contributed by atoms with Gasteiger partial charge in [0.1, 0.15) is 67.0 Å². The van der Waals surface area contributed by atoms with E-state index in [1.54, 1.807) is 0 Å². The lowest BCUT2D eigenvalue weighted by molar-refractivity contribution is 0.655. The Morgan fingerprint density at radius 1 is 0.175 bits per heavy atom. The van der Waals surface area contributed by atoms with E-state index in [0.29, 0.717) is 35.2 Å². The number of rotatable bonds is 6. The number of hydrogen-bond acceptors (Lipinski definition) is 12. The molecular weight excluding hydrogens is 1480 g/mol. The average Bonchev–Trinajstić information content (AvgIpc) is 1.59. The number of nitrogens with zero attached hydrogens (tertiary/aromatic N) is 8. The summed E-state index contributed by atoms with van der Waals surface area (Å²) in [6, 6.07) is 116. The topological polar surface area (TPSA) is 166 Å². The van der Waals surface area contributed by atoms with Crippen molar-refractivity contribution in [1.29, 1.82) is 0 Å². The second-order valence-electron chi connectivity index (χ2n) is 30.7. The molecule has 0 bridgehead atoms. The number of aryl methyl sites for hydroxylation is 4. The summed E-state index contributed by atoms with van der Waals surface area (Å²) in [5.41, 5.74) is 23.3. The highest BCUT2D eigenvalue weighted by molar-refractivity contribution is 6.28. The summed E-state index contributed by atoms with van der Waals surface area (Å²) in [5, 5.41) is 18.2. The largest absolute Gasteiger partial charge is 0.456 e. The van der Waals surface area contributed by atoms with Crippen LogP contribution in [-0.4, -0.2) is 39.0 Å². The van der Waals surface area contributed by atoms with E-state index in [1.165, 1.54) is 22.3 Å². The molecule has 10 heterocycles. The number of hydrogen-bond donors (Lipinski definition) is 0. The zero-order valence-corrected chi connectivity index (χ0v) is 65.4. The van der Waals surface area contributed by atoms with Crippen molar-refractivity contribution in [2.24, 2.45) is 0 Å². The Balaban J connectivity index is 0.0000000971. The Hall–Kier alpha value is -16.1. The quantitative estimate of drug-likeness (QED) is 0.155. The predicted molar refractivity (Wildman–Crippen MR) is 486 cm³/mol. The lowest BCUT2D eigenvalue weighted by Gasteiger charge is -2.10. The van der Waals surface area contributed by atoms with E-state index in [9.17, 15) is 0 Å². The van der Waals surface area contributed by atoms with E-state index in [-0.39, 0.29) is 0 Å². The molecule has 568 valence electrons. The fourth-order valence-electron chi connectivity index (χ4n) is 17.2. The maximum atomic E-state index is 6.35. The molecule has 0 aliphatic heterocycles. The lowest BCUT2D eigenvalue weighted by Crippen LogP contribution is -2.06. The first-order chi connectivity index (χ1) is 59.1. The molecule has 0 amide bonds. The number of aromatic nitrogens is 8. The Labute approximate surface area is 683 Å². The fraction of sp³-hybridized carbons (Fsp3) is 0.0377. The summed E-state index contributed by atoms with van der Waals surface area (Å²) >= 11 is 0. The molecule has 0 unspecified atom stereocenters. The van der Waals surface area contributed by atoms with Gasteiger partial charge in [-0.2, -0.15) is 19.9 Å². The van der Waals surface area contributed by atoms with Gasteiger partial charge in [-0.05, 0) is 130 Å². The van der Waals surface area contributed by atoms with Gasteiger partial charge >= 0.3 is 0 Å². The van der Waals surface area contributed by atoms with Crippen LogP contribution in [0.3, 0.4) is 0 Å². The summed E-state index contributed by atoms with van der Waals surface area (Å²) in [6.45, 7) is 8.37. The van der Waals surface area contributed by atoms with Crippen molar-refractivity contribution in [3.63, 3.8) is 0 Å². The van der Waals surface area contributed by atoms with Crippen LogP contribution < -0.4 is 0 Å². The molecule has 26 rings (SSSR count). The number of para-hydroxylation sites is 4. The van der Waals surface area contributed by atoms with Gasteiger partial charge in [-0.15, -0.1) is 0 Å². The standard InChI is InChI=1S/2C34H22N4O.2C19H12O2/c1-21-16-18-28-25(20-21)31-29(39-28)19-17-27-30(31)24-14-8-9-15-26(24)38(27)34-36-32(22-10-4-2-5-11-22)35-33(37-34)23-12-6-3-7-13-23;1-21-16-17-25-27-19-26-24-14-8-9-15-28(24)38(29(26)20-31(27)39-30(25)18-21)34-36-32(22-10-4-2-5-11-22)35-33(37-34)23-12-6-3-7-13-23;1-11-6-7-17-13(8-11)15-9-14-12-4-2-3-5-16(12)20-18(14)10-19(15)21-17;1-11-6-7-13-15-9-14-12-4-2-3-5-16(12)20-18(14)10-19(15)21-17(13)8-11/h2*2-20H,1H3;2*2-10H,1H3. The molecule has 0 aliphatic rings. The maximum Gasteiger partial charge on any atom is 0.238 e. The third-order valence-electron chi connectivity index (χ3n) is 22.9. The van der Waals surface area contributed by atoms with Crippen molar-refractivity contribution >= 4 is 175 Å². The fourth-order valence-corrected chi connectivity index (χ4v) is 17.2. The molecule has 120 heavy (non-hydrogen) atoms. The van der Waals surface area contributed by atoms with Gasteiger partial charge in [0.05, 0.1) is 22.1 Å². The van der Waals surface area contributed by atoms with Crippen LogP contribution in [0.1, 0.15) is 22.3 Å². The third-order valence-corrected chi connectivity index (χ3v) is 22.9. The monoisotopic (exact) mass is 1550 g/mol. The smallest absolute Gasteiger partial charge is 0.238 e. The lowest BCUT2D eigenvalue weighted by atomic mass is 10.0. The Bertz CT molecular complexity index is 8480. The van der Waals surface area contributed by atoms with Crippen LogP contribution in [-0.2, 0) is 0 Å². The number of fused-ring (bicyclic) bond motifs is 25. The predicted octanol–water partition coefficient (Wildman–Crippen LogP) is 28.6. The highest BCUT2D eigenvalue weighted by Gasteiger charge is 2.25. The van der Waals surface area contributed by atoms with Gasteiger partial charge in [-0.1, -0.05) is 242 Å². The van der Waals surface area contributed by atoms with Crippen molar-refractivity contribution in [2.45, 2.75) is 27.7 Å². The van der Waals surface area contributed by atoms with Crippen LogP contribution in [0.2, 0.25) is 0 Å². The van der Waals surface area contributed by atoms with Gasteiger partial charge in [0, 0.05) is 127 Å². The van der Waals surface area contributed by atoms with Gasteiger partial charge < -0.3 is 26.5 Å². The highest BCUT2D eigenvalue weighted by Crippen LogP contribution is 2.45. The SMILES string of the molecule is Cc1ccc2c(c1)oc1cc3c(cc12)c1ccccc1n3-c1nc(-c2ccccc2)nc(-c2ccccc2)n1.Cc1ccc2c(c1)oc1cc3oc4ccccc4c3cc12.Cc1ccc2oc3cc4oc5ccccc5c4cc3c2c1.Cc1ccc2oc3ccc4c(c5ccccc5n4-c4nc(-c5ccccc5)nc(-c5ccccc5)n4)c3c2c1. The minimum Gasteiger partial charge on any atom is -0.456 e.